The summed E-state index contributed by atoms with van der Waals surface area (Å²) in [5.74, 6) is 1.21. The Hall–Kier alpha value is -3.35. The van der Waals surface area contributed by atoms with Crippen LogP contribution in [0.5, 0.6) is 5.75 Å². The van der Waals surface area contributed by atoms with Gasteiger partial charge in [0.05, 0.1) is 24.2 Å². The molecule has 0 spiro atoms. The van der Waals surface area contributed by atoms with Gasteiger partial charge in [-0.1, -0.05) is 24.3 Å². The molecule has 5 rings (SSSR count). The van der Waals surface area contributed by atoms with Gasteiger partial charge in [-0.2, -0.15) is 0 Å². The normalized spacial score (nSPS) is 17.6. The van der Waals surface area contributed by atoms with Crippen molar-refractivity contribution in [3.63, 3.8) is 0 Å². The minimum atomic E-state index is -0.718. The van der Waals surface area contributed by atoms with Crippen LogP contribution in [0.4, 0.5) is 0 Å². The SMILES string of the molecule is Cn1c(CN(Cc2ccc3c(c2)CCO3)C(=O)C2CCC(=O)O2)nc2ccccc21. The zero-order valence-corrected chi connectivity index (χ0v) is 16.8. The van der Waals surface area contributed by atoms with E-state index >= 15 is 0 Å². The number of rotatable bonds is 5. The number of aromatic nitrogens is 2. The number of cyclic esters (lactones) is 1. The Bertz CT molecular complexity index is 1140. The molecule has 1 unspecified atom stereocenters. The van der Waals surface area contributed by atoms with Crippen LogP contribution in [0.15, 0.2) is 42.5 Å². The van der Waals surface area contributed by atoms with Crippen LogP contribution in [0.2, 0.25) is 0 Å². The number of amides is 1. The summed E-state index contributed by atoms with van der Waals surface area (Å²) < 4.78 is 12.9. The smallest absolute Gasteiger partial charge is 0.306 e. The Morgan fingerprint density at radius 1 is 1.20 bits per heavy atom. The monoisotopic (exact) mass is 405 g/mol. The maximum absolute atomic E-state index is 13.2. The van der Waals surface area contributed by atoms with Gasteiger partial charge in [0.2, 0.25) is 0 Å². The van der Waals surface area contributed by atoms with Crippen molar-refractivity contribution in [1.82, 2.24) is 14.5 Å². The van der Waals surface area contributed by atoms with Gasteiger partial charge >= 0.3 is 5.97 Å². The third-order valence-electron chi connectivity index (χ3n) is 5.81. The van der Waals surface area contributed by atoms with Gasteiger partial charge < -0.3 is 18.9 Å². The molecule has 2 aromatic carbocycles. The van der Waals surface area contributed by atoms with Crippen LogP contribution < -0.4 is 4.74 Å². The highest BCUT2D eigenvalue weighted by atomic mass is 16.6. The fourth-order valence-corrected chi connectivity index (χ4v) is 4.18. The second-order valence-corrected chi connectivity index (χ2v) is 7.83. The van der Waals surface area contributed by atoms with Crippen molar-refractivity contribution in [3.05, 3.63) is 59.4 Å². The molecule has 1 amide bonds. The first-order chi connectivity index (χ1) is 14.6. The van der Waals surface area contributed by atoms with E-state index in [9.17, 15) is 9.59 Å². The summed E-state index contributed by atoms with van der Waals surface area (Å²) in [6, 6.07) is 13.9. The van der Waals surface area contributed by atoms with E-state index in [0.717, 1.165) is 40.2 Å². The molecule has 1 saturated heterocycles. The second-order valence-electron chi connectivity index (χ2n) is 7.83. The third kappa shape index (κ3) is 3.40. The van der Waals surface area contributed by atoms with E-state index in [1.54, 1.807) is 4.90 Å². The standard InChI is InChI=1S/C23H23N3O4/c1-25-18-5-3-2-4-17(18)24-21(25)14-26(23(28)20-8-9-22(27)30-20)13-15-6-7-19-16(12-15)10-11-29-19/h2-7,12,20H,8-11,13-14H2,1H3. The van der Waals surface area contributed by atoms with Crippen LogP contribution in [-0.2, 0) is 40.9 Å². The van der Waals surface area contributed by atoms with Crippen LogP contribution >= 0.6 is 0 Å². The number of para-hydroxylation sites is 2. The van der Waals surface area contributed by atoms with E-state index in [4.69, 9.17) is 14.5 Å². The Balaban J connectivity index is 1.45. The van der Waals surface area contributed by atoms with E-state index < -0.39 is 6.10 Å². The summed E-state index contributed by atoms with van der Waals surface area (Å²) in [7, 11) is 1.95. The van der Waals surface area contributed by atoms with Gasteiger partial charge in [0.1, 0.15) is 11.6 Å². The molecule has 0 bridgehead atoms. The van der Waals surface area contributed by atoms with Crippen LogP contribution in [-0.4, -0.2) is 39.0 Å². The molecule has 1 fully saturated rings. The molecule has 7 heteroatoms. The first-order valence-corrected chi connectivity index (χ1v) is 10.2. The van der Waals surface area contributed by atoms with Crippen LogP contribution in [0.3, 0.4) is 0 Å². The van der Waals surface area contributed by atoms with Crippen LogP contribution in [0, 0.1) is 0 Å². The quantitative estimate of drug-likeness (QED) is 0.611. The van der Waals surface area contributed by atoms with Gasteiger partial charge in [-0.15, -0.1) is 0 Å². The molecule has 0 N–H and O–H groups in total. The average molecular weight is 405 g/mol. The van der Waals surface area contributed by atoms with E-state index in [1.807, 2.05) is 48.0 Å². The molecule has 154 valence electrons. The van der Waals surface area contributed by atoms with Crippen LogP contribution in [0.1, 0.15) is 29.8 Å². The van der Waals surface area contributed by atoms with Crippen molar-refractivity contribution in [2.45, 2.75) is 38.5 Å². The number of benzene rings is 2. The predicted octanol–water partition coefficient (Wildman–Crippen LogP) is 2.74. The van der Waals surface area contributed by atoms with Gasteiger partial charge in [0, 0.05) is 32.9 Å². The van der Waals surface area contributed by atoms with E-state index in [0.29, 0.717) is 26.1 Å². The minimum absolute atomic E-state index is 0.176. The van der Waals surface area contributed by atoms with E-state index in [-0.39, 0.29) is 18.3 Å². The lowest BCUT2D eigenvalue weighted by Gasteiger charge is -2.25. The van der Waals surface area contributed by atoms with Crippen molar-refractivity contribution in [2.24, 2.45) is 7.05 Å². The van der Waals surface area contributed by atoms with E-state index in [1.165, 1.54) is 0 Å². The predicted molar refractivity (Wildman–Crippen MR) is 110 cm³/mol. The van der Waals surface area contributed by atoms with Gasteiger partial charge in [-0.3, -0.25) is 9.59 Å². The zero-order valence-electron chi connectivity index (χ0n) is 16.8. The number of hydrogen-bond acceptors (Lipinski definition) is 5. The Kier molecular flexibility index (Phi) is 4.65. The van der Waals surface area contributed by atoms with Gasteiger partial charge in [-0.25, -0.2) is 4.98 Å². The highest BCUT2D eigenvalue weighted by molar-refractivity contribution is 5.86. The molecule has 0 saturated carbocycles. The summed E-state index contributed by atoms with van der Waals surface area (Å²) in [5, 5.41) is 0. The number of nitrogens with zero attached hydrogens (tertiary/aromatic N) is 3. The molecular formula is C23H23N3O4. The molecule has 1 atom stereocenters. The lowest BCUT2D eigenvalue weighted by Crippen LogP contribution is -2.38. The number of imidazole rings is 1. The second kappa shape index (κ2) is 7.48. The Morgan fingerprint density at radius 2 is 2.07 bits per heavy atom. The fourth-order valence-electron chi connectivity index (χ4n) is 4.18. The van der Waals surface area contributed by atoms with Crippen molar-refractivity contribution in [3.8, 4) is 5.75 Å². The van der Waals surface area contributed by atoms with Gasteiger partial charge in [-0.05, 0) is 29.3 Å². The molecule has 2 aliphatic rings. The first kappa shape index (κ1) is 18.7. The maximum Gasteiger partial charge on any atom is 0.306 e. The highest BCUT2D eigenvalue weighted by Crippen LogP contribution is 2.27. The number of fused-ring (bicyclic) bond motifs is 2. The molecule has 3 aromatic rings. The number of carbonyl (C=O) groups excluding carboxylic acids is 2. The third-order valence-corrected chi connectivity index (χ3v) is 5.81. The van der Waals surface area contributed by atoms with E-state index in [2.05, 4.69) is 6.07 Å². The summed E-state index contributed by atoms with van der Waals surface area (Å²) in [6.45, 7) is 1.45. The summed E-state index contributed by atoms with van der Waals surface area (Å²) >= 11 is 0. The van der Waals surface area contributed by atoms with Crippen LogP contribution in [0.25, 0.3) is 11.0 Å². The summed E-state index contributed by atoms with van der Waals surface area (Å²) in [6.07, 6.45) is 0.869. The molecule has 0 radical (unpaired) electrons. The zero-order chi connectivity index (χ0) is 20.7. The fraction of sp³-hybridized carbons (Fsp3) is 0.348. The summed E-state index contributed by atoms with van der Waals surface area (Å²) in [5.41, 5.74) is 4.09. The minimum Gasteiger partial charge on any atom is -0.493 e. The van der Waals surface area contributed by atoms with Crippen molar-refractivity contribution >= 4 is 22.9 Å². The molecule has 1 aromatic heterocycles. The molecule has 30 heavy (non-hydrogen) atoms. The average Bonchev–Trinajstić information content (AvgIpc) is 3.46. The largest absolute Gasteiger partial charge is 0.493 e. The molecule has 7 nitrogen and oxygen atoms in total. The number of carbonyl (C=O) groups is 2. The number of hydrogen-bond donors (Lipinski definition) is 0. The molecule has 0 aliphatic carbocycles. The Labute approximate surface area is 174 Å². The van der Waals surface area contributed by atoms with Gasteiger partial charge in [0.25, 0.3) is 5.91 Å². The lowest BCUT2D eigenvalue weighted by molar-refractivity contribution is -0.153. The molecule has 2 aliphatic heterocycles. The lowest BCUT2D eigenvalue weighted by atomic mass is 10.1. The molecule has 3 heterocycles. The first-order valence-electron chi connectivity index (χ1n) is 10.2. The number of aryl methyl sites for hydroxylation is 1. The summed E-state index contributed by atoms with van der Waals surface area (Å²) in [4.78, 5) is 31.3. The Morgan fingerprint density at radius 3 is 2.87 bits per heavy atom. The molecular weight excluding hydrogens is 382 g/mol. The number of ether oxygens (including phenoxy) is 2. The van der Waals surface area contributed by atoms with Gasteiger partial charge in [0.15, 0.2) is 6.10 Å². The van der Waals surface area contributed by atoms with Crippen molar-refractivity contribution in [1.29, 1.82) is 0 Å². The topological polar surface area (TPSA) is 73.7 Å². The highest BCUT2D eigenvalue weighted by Gasteiger charge is 2.34. The van der Waals surface area contributed by atoms with Crippen molar-refractivity contribution in [2.75, 3.05) is 6.61 Å². The number of esters is 1. The van der Waals surface area contributed by atoms with Crippen molar-refractivity contribution < 1.29 is 19.1 Å². The maximum atomic E-state index is 13.2.